The van der Waals surface area contributed by atoms with E-state index in [0.717, 1.165) is 24.8 Å². The number of nitrogens with zero attached hydrogens (tertiary/aromatic N) is 1. The topological polar surface area (TPSA) is 70.8 Å². The molecular formula is C23H43NO5Si2. The van der Waals surface area contributed by atoms with Gasteiger partial charge in [0.25, 0.3) is 0 Å². The molecule has 8 heteroatoms. The number of hydrogen-bond donors (Lipinski definition) is 0. The van der Waals surface area contributed by atoms with E-state index in [1.807, 2.05) is 0 Å². The summed E-state index contributed by atoms with van der Waals surface area (Å²) in [4.78, 5) is 15.8. The third kappa shape index (κ3) is 6.84. The third-order valence-corrected chi connectivity index (χ3v) is 16.3. The molecule has 31 heavy (non-hydrogen) atoms. The van der Waals surface area contributed by atoms with Gasteiger partial charge in [0.2, 0.25) is 5.89 Å². The number of aldehydes is 1. The van der Waals surface area contributed by atoms with Crippen LogP contribution in [0.25, 0.3) is 0 Å². The first-order chi connectivity index (χ1) is 14.1. The van der Waals surface area contributed by atoms with E-state index in [0.29, 0.717) is 18.9 Å². The molecule has 0 amide bonds. The molecule has 1 aromatic rings. The molecule has 2 heterocycles. The van der Waals surface area contributed by atoms with Gasteiger partial charge in [0.1, 0.15) is 31.0 Å². The number of oxazole rings is 1. The first kappa shape index (κ1) is 26.4. The second-order valence-corrected chi connectivity index (χ2v) is 21.4. The Morgan fingerprint density at radius 1 is 1.06 bits per heavy atom. The summed E-state index contributed by atoms with van der Waals surface area (Å²) >= 11 is 0. The molecule has 1 fully saturated rings. The van der Waals surface area contributed by atoms with Crippen LogP contribution in [-0.2, 0) is 25.0 Å². The second kappa shape index (κ2) is 9.59. The largest absolute Gasteiger partial charge is 0.446 e. The van der Waals surface area contributed by atoms with Crippen LogP contribution in [0, 0.1) is 0 Å². The van der Waals surface area contributed by atoms with Gasteiger partial charge in [-0.1, -0.05) is 41.5 Å². The van der Waals surface area contributed by atoms with E-state index < -0.39 is 16.6 Å². The van der Waals surface area contributed by atoms with Crippen LogP contribution in [0.5, 0.6) is 0 Å². The number of hydrogen-bond acceptors (Lipinski definition) is 6. The van der Waals surface area contributed by atoms with Gasteiger partial charge < -0.3 is 22.8 Å². The summed E-state index contributed by atoms with van der Waals surface area (Å²) in [5.74, 6) is 0.572. The Labute approximate surface area is 190 Å². The zero-order valence-electron chi connectivity index (χ0n) is 21.2. The summed E-state index contributed by atoms with van der Waals surface area (Å²) in [5.41, 5.74) is 0.758. The van der Waals surface area contributed by atoms with Crippen molar-refractivity contribution in [2.24, 2.45) is 0 Å². The number of rotatable bonds is 8. The highest BCUT2D eigenvalue weighted by Crippen LogP contribution is 2.41. The van der Waals surface area contributed by atoms with Crippen molar-refractivity contribution < 1.29 is 22.8 Å². The van der Waals surface area contributed by atoms with Crippen LogP contribution in [0.2, 0.25) is 36.3 Å². The average molecular weight is 470 g/mol. The van der Waals surface area contributed by atoms with Crippen LogP contribution < -0.4 is 0 Å². The average Bonchev–Trinajstić information content (AvgIpc) is 3.07. The van der Waals surface area contributed by atoms with Crippen molar-refractivity contribution in [1.82, 2.24) is 4.98 Å². The Morgan fingerprint density at radius 2 is 1.68 bits per heavy atom. The number of carbonyl (C=O) groups is 1. The number of aromatic nitrogens is 1. The van der Waals surface area contributed by atoms with Crippen molar-refractivity contribution in [2.75, 3.05) is 0 Å². The van der Waals surface area contributed by atoms with Crippen molar-refractivity contribution in [1.29, 1.82) is 0 Å². The minimum absolute atomic E-state index is 0.0493. The lowest BCUT2D eigenvalue weighted by atomic mass is 9.98. The molecule has 0 saturated carbocycles. The maximum atomic E-state index is 11.2. The Bertz CT molecular complexity index is 733. The van der Waals surface area contributed by atoms with Gasteiger partial charge in [-0.05, 0) is 42.7 Å². The molecule has 178 valence electrons. The predicted molar refractivity (Wildman–Crippen MR) is 128 cm³/mol. The van der Waals surface area contributed by atoms with Crippen molar-refractivity contribution in [3.05, 3.63) is 17.8 Å². The zero-order valence-corrected chi connectivity index (χ0v) is 23.2. The maximum absolute atomic E-state index is 11.2. The summed E-state index contributed by atoms with van der Waals surface area (Å²) in [5, 5.41) is 0.258. The van der Waals surface area contributed by atoms with Crippen LogP contribution in [0.3, 0.4) is 0 Å². The molecule has 6 nitrogen and oxygen atoms in total. The molecule has 3 atom stereocenters. The van der Waals surface area contributed by atoms with Gasteiger partial charge in [0.15, 0.2) is 16.6 Å². The van der Waals surface area contributed by atoms with Gasteiger partial charge >= 0.3 is 0 Å². The van der Waals surface area contributed by atoms with Crippen molar-refractivity contribution in [2.45, 2.75) is 122 Å². The Kier molecular flexibility index (Phi) is 8.18. The van der Waals surface area contributed by atoms with Crippen LogP contribution in [0.4, 0.5) is 0 Å². The van der Waals surface area contributed by atoms with Crippen LogP contribution in [-0.4, -0.2) is 40.1 Å². The lowest BCUT2D eigenvalue weighted by molar-refractivity contribution is -0.120. The Hall–Kier alpha value is -0.806. The van der Waals surface area contributed by atoms with Gasteiger partial charge in [-0.3, -0.25) is 0 Å². The number of carbonyl (C=O) groups excluding carboxylic acids is 1. The maximum Gasteiger partial charge on any atom is 0.219 e. The highest BCUT2D eigenvalue weighted by Gasteiger charge is 2.42. The van der Waals surface area contributed by atoms with E-state index in [1.165, 1.54) is 0 Å². The quantitative estimate of drug-likeness (QED) is 0.324. The first-order valence-electron chi connectivity index (χ1n) is 11.4. The molecule has 0 N–H and O–H groups in total. The van der Waals surface area contributed by atoms with Crippen LogP contribution >= 0.6 is 0 Å². The van der Waals surface area contributed by atoms with Crippen LogP contribution in [0.15, 0.2) is 10.7 Å². The fourth-order valence-corrected chi connectivity index (χ4v) is 5.41. The van der Waals surface area contributed by atoms with E-state index in [9.17, 15) is 4.79 Å². The standard InChI is InChI=1S/C23H43NO5Si2/c1-22(2,3)30(7,8)27-16-21-24-19(15-26-21)20-14-18(13-17(28-20)11-12-25)29-31(9,10)23(4,5)6/h12,15,17-18,20H,11,13-14,16H2,1-10H3/t17-,18+,20-/m1/s1. The predicted octanol–water partition coefficient (Wildman–Crippen LogP) is 6.40. The molecule has 2 rings (SSSR count). The van der Waals surface area contributed by atoms with Gasteiger partial charge in [-0.15, -0.1) is 0 Å². The molecular weight excluding hydrogens is 426 g/mol. The van der Waals surface area contributed by atoms with Gasteiger partial charge in [0, 0.05) is 12.8 Å². The molecule has 0 spiro atoms. The lowest BCUT2D eigenvalue weighted by Crippen LogP contribution is -2.46. The van der Waals surface area contributed by atoms with E-state index in [1.54, 1.807) is 6.26 Å². The summed E-state index contributed by atoms with van der Waals surface area (Å²) < 4.78 is 24.8. The fourth-order valence-electron chi connectivity index (χ4n) is 3.11. The first-order valence-corrected chi connectivity index (χ1v) is 17.2. The summed E-state index contributed by atoms with van der Waals surface area (Å²) in [6.45, 7) is 22.7. The molecule has 1 aliphatic rings. The smallest absolute Gasteiger partial charge is 0.219 e. The van der Waals surface area contributed by atoms with Crippen LogP contribution in [0.1, 0.15) is 78.5 Å². The van der Waals surface area contributed by atoms with Crippen molar-refractivity contribution >= 4 is 22.9 Å². The number of ether oxygens (including phenoxy) is 1. The highest BCUT2D eigenvalue weighted by molar-refractivity contribution is 6.74. The van der Waals surface area contributed by atoms with Gasteiger partial charge in [-0.25, -0.2) is 4.98 Å². The molecule has 0 aliphatic carbocycles. The van der Waals surface area contributed by atoms with Gasteiger partial charge in [0.05, 0.1) is 12.2 Å². The lowest BCUT2D eigenvalue weighted by Gasteiger charge is -2.43. The van der Waals surface area contributed by atoms with E-state index in [4.69, 9.17) is 18.0 Å². The third-order valence-electron chi connectivity index (χ3n) is 7.25. The Balaban J connectivity index is 2.11. The Morgan fingerprint density at radius 3 is 2.23 bits per heavy atom. The molecule has 1 saturated heterocycles. The zero-order chi connectivity index (χ0) is 23.7. The molecule has 1 aliphatic heterocycles. The molecule has 0 aromatic carbocycles. The molecule has 0 radical (unpaired) electrons. The minimum Gasteiger partial charge on any atom is -0.446 e. The molecule has 0 bridgehead atoms. The second-order valence-electron chi connectivity index (χ2n) is 11.8. The summed E-state index contributed by atoms with van der Waals surface area (Å²) in [6.07, 6.45) is 4.08. The van der Waals surface area contributed by atoms with Crippen molar-refractivity contribution in [3.63, 3.8) is 0 Å². The van der Waals surface area contributed by atoms with E-state index >= 15 is 0 Å². The molecule has 1 aromatic heterocycles. The monoisotopic (exact) mass is 469 g/mol. The van der Waals surface area contributed by atoms with E-state index in [-0.39, 0.29) is 28.4 Å². The van der Waals surface area contributed by atoms with E-state index in [2.05, 4.69) is 72.7 Å². The fraction of sp³-hybridized carbons (Fsp3) is 0.826. The SMILES string of the molecule is CC(C)(C)[Si](C)(C)OCc1nc([C@H]2C[C@@H](O[Si](C)(C)C(C)(C)C)C[C@@H](CC=O)O2)co1. The molecule has 0 unspecified atom stereocenters. The summed E-state index contributed by atoms with van der Waals surface area (Å²) in [7, 11) is -3.81. The normalized spacial score (nSPS) is 23.7. The minimum atomic E-state index is -1.92. The highest BCUT2D eigenvalue weighted by atomic mass is 28.4. The van der Waals surface area contributed by atoms with Crippen molar-refractivity contribution in [3.8, 4) is 0 Å². The summed E-state index contributed by atoms with van der Waals surface area (Å²) in [6, 6.07) is 0. The van der Waals surface area contributed by atoms with Gasteiger partial charge in [-0.2, -0.15) is 0 Å².